The molecule has 0 amide bonds. The van der Waals surface area contributed by atoms with Crippen LogP contribution in [0.4, 0.5) is 0 Å². The minimum atomic E-state index is 0.0761. The first-order chi connectivity index (χ1) is 10.4. The van der Waals surface area contributed by atoms with Gasteiger partial charge in [-0.25, -0.2) is 0 Å². The minimum Gasteiger partial charge on any atom is -0.298 e. The number of aldehydes is 1. The zero-order valence-electron chi connectivity index (χ0n) is 14.6. The fourth-order valence-corrected chi connectivity index (χ4v) is 6.87. The maximum Gasteiger partial charge on any atom is 0.147 e. The molecule has 3 aliphatic carbocycles. The summed E-state index contributed by atoms with van der Waals surface area (Å²) < 4.78 is 0. The Morgan fingerprint density at radius 2 is 1.91 bits per heavy atom. The molecule has 0 aromatic rings. The van der Waals surface area contributed by atoms with Crippen LogP contribution in [0.1, 0.15) is 72.6 Å². The van der Waals surface area contributed by atoms with Crippen LogP contribution in [0.5, 0.6) is 0 Å². The van der Waals surface area contributed by atoms with Crippen molar-refractivity contribution in [1.29, 1.82) is 0 Å². The van der Waals surface area contributed by atoms with Gasteiger partial charge in [0.25, 0.3) is 0 Å². The van der Waals surface area contributed by atoms with Crippen molar-refractivity contribution in [3.05, 3.63) is 10.6 Å². The molecule has 6 atom stereocenters. The van der Waals surface area contributed by atoms with E-state index >= 15 is 0 Å². The highest BCUT2D eigenvalue weighted by Gasteiger charge is 2.58. The van der Waals surface area contributed by atoms with E-state index in [9.17, 15) is 4.79 Å². The molecule has 3 rings (SSSR count). The van der Waals surface area contributed by atoms with Crippen molar-refractivity contribution in [2.45, 2.75) is 72.6 Å². The summed E-state index contributed by atoms with van der Waals surface area (Å²) in [4.78, 5) is 11.4. The Hall–Kier alpha value is -0.300. The molecule has 0 aromatic carbocycles. The molecule has 0 spiro atoms. The molecular weight excluding hydrogens is 292 g/mol. The summed E-state index contributed by atoms with van der Waals surface area (Å²) in [5, 5.41) is 0.891. The molecular formula is C20H31ClO. The van der Waals surface area contributed by atoms with E-state index < -0.39 is 0 Å². The fourth-order valence-electron chi connectivity index (χ4n) is 6.52. The van der Waals surface area contributed by atoms with E-state index in [1.54, 1.807) is 0 Å². The number of hydrogen-bond acceptors (Lipinski definition) is 1. The molecule has 0 unspecified atom stereocenters. The van der Waals surface area contributed by atoms with E-state index in [-0.39, 0.29) is 5.41 Å². The number of hydrogen-bond donors (Lipinski definition) is 0. The van der Waals surface area contributed by atoms with Crippen LogP contribution in [0.25, 0.3) is 0 Å². The van der Waals surface area contributed by atoms with E-state index in [0.717, 1.165) is 41.1 Å². The highest BCUT2D eigenvalue weighted by atomic mass is 35.5. The lowest BCUT2D eigenvalue weighted by Gasteiger charge is -2.58. The van der Waals surface area contributed by atoms with Gasteiger partial charge in [-0.1, -0.05) is 52.1 Å². The smallest absolute Gasteiger partial charge is 0.147 e. The van der Waals surface area contributed by atoms with Gasteiger partial charge >= 0.3 is 0 Å². The predicted molar refractivity (Wildman–Crippen MR) is 92.8 cm³/mol. The average molecular weight is 323 g/mol. The molecule has 1 nitrogen and oxygen atoms in total. The monoisotopic (exact) mass is 322 g/mol. The largest absolute Gasteiger partial charge is 0.298 e. The Morgan fingerprint density at radius 3 is 2.50 bits per heavy atom. The van der Waals surface area contributed by atoms with Crippen LogP contribution in [0.15, 0.2) is 10.6 Å². The third kappa shape index (κ3) is 2.07. The Morgan fingerprint density at radius 1 is 1.18 bits per heavy atom. The summed E-state index contributed by atoms with van der Waals surface area (Å²) in [5.74, 6) is 3.06. The van der Waals surface area contributed by atoms with Crippen molar-refractivity contribution in [3.8, 4) is 0 Å². The summed E-state index contributed by atoms with van der Waals surface area (Å²) in [7, 11) is 0. The van der Waals surface area contributed by atoms with Crippen LogP contribution in [0.2, 0.25) is 0 Å². The van der Waals surface area contributed by atoms with Crippen molar-refractivity contribution < 1.29 is 4.79 Å². The van der Waals surface area contributed by atoms with Gasteiger partial charge in [-0.3, -0.25) is 4.79 Å². The van der Waals surface area contributed by atoms with E-state index in [2.05, 4.69) is 27.7 Å². The molecule has 3 aliphatic rings. The predicted octanol–water partition coefficient (Wildman–Crippen LogP) is 5.97. The van der Waals surface area contributed by atoms with Crippen LogP contribution < -0.4 is 0 Å². The molecule has 0 aromatic heterocycles. The first kappa shape index (κ1) is 16.6. The number of fused-ring (bicyclic) bond motifs is 3. The lowest BCUT2D eigenvalue weighted by Crippen LogP contribution is -2.51. The number of carbonyl (C=O) groups is 1. The van der Waals surface area contributed by atoms with E-state index in [1.165, 1.54) is 38.5 Å². The molecule has 2 heteroatoms. The molecule has 22 heavy (non-hydrogen) atoms. The summed E-state index contributed by atoms with van der Waals surface area (Å²) in [5.41, 5.74) is 1.45. The second kappa shape index (κ2) is 5.65. The Labute approximate surface area is 140 Å². The summed E-state index contributed by atoms with van der Waals surface area (Å²) >= 11 is 6.63. The molecule has 0 N–H and O–H groups in total. The lowest BCUT2D eigenvalue weighted by atomic mass is 9.47. The van der Waals surface area contributed by atoms with Crippen molar-refractivity contribution in [1.82, 2.24) is 0 Å². The zero-order valence-corrected chi connectivity index (χ0v) is 15.4. The third-order valence-corrected chi connectivity index (χ3v) is 8.75. The van der Waals surface area contributed by atoms with Crippen molar-refractivity contribution in [2.24, 2.45) is 34.5 Å². The van der Waals surface area contributed by atoms with E-state index in [4.69, 9.17) is 11.6 Å². The first-order valence-electron chi connectivity index (χ1n) is 9.26. The summed E-state index contributed by atoms with van der Waals surface area (Å²) in [6.45, 7) is 9.62. The quantitative estimate of drug-likeness (QED) is 0.585. The topological polar surface area (TPSA) is 17.1 Å². The molecule has 0 heterocycles. The molecule has 0 aliphatic heterocycles. The standard InChI is InChI=1S/C20H31ClO/c1-5-14-7-8-15-16(19(14,3)6-2)9-10-20(4)17(15)11-13(12-22)18(20)21/h12,14-17H,5-11H2,1-4H3/t14-,15-,16+,17+,19+,20+/m1/s1. The van der Waals surface area contributed by atoms with E-state index in [0.29, 0.717) is 11.3 Å². The average Bonchev–Trinajstić information content (AvgIpc) is 2.79. The minimum absolute atomic E-state index is 0.0761. The van der Waals surface area contributed by atoms with Gasteiger partial charge in [-0.15, -0.1) is 0 Å². The van der Waals surface area contributed by atoms with E-state index in [1.807, 2.05) is 0 Å². The van der Waals surface area contributed by atoms with Gasteiger partial charge < -0.3 is 0 Å². The SMILES string of the molecule is CC[C@@H]1CC[C@@H]2[C@H](CC[C@]3(C)C(Cl)=C(C=O)C[C@@H]23)[C@@]1(C)CC. The fraction of sp³-hybridized carbons (Fsp3) is 0.850. The third-order valence-electron chi connectivity index (χ3n) is 8.07. The highest BCUT2D eigenvalue weighted by molar-refractivity contribution is 6.32. The van der Waals surface area contributed by atoms with Gasteiger partial charge in [-0.05, 0) is 61.2 Å². The summed E-state index contributed by atoms with van der Waals surface area (Å²) in [6, 6.07) is 0. The van der Waals surface area contributed by atoms with Gasteiger partial charge in [0.15, 0.2) is 0 Å². The Balaban J connectivity index is 1.94. The zero-order chi connectivity index (χ0) is 16.1. The van der Waals surface area contributed by atoms with Gasteiger partial charge in [0.1, 0.15) is 6.29 Å². The van der Waals surface area contributed by atoms with Crippen LogP contribution in [-0.4, -0.2) is 6.29 Å². The van der Waals surface area contributed by atoms with Crippen LogP contribution in [0.3, 0.4) is 0 Å². The second-order valence-corrected chi connectivity index (χ2v) is 8.91. The lowest BCUT2D eigenvalue weighted by molar-refractivity contribution is -0.105. The van der Waals surface area contributed by atoms with Gasteiger partial charge in [-0.2, -0.15) is 0 Å². The molecule has 2 fully saturated rings. The summed E-state index contributed by atoms with van der Waals surface area (Å²) in [6.07, 6.45) is 9.72. The van der Waals surface area contributed by atoms with Crippen LogP contribution in [0, 0.1) is 34.5 Å². The molecule has 2 saturated carbocycles. The van der Waals surface area contributed by atoms with Gasteiger partial charge in [0.2, 0.25) is 0 Å². The normalized spacial score (nSPS) is 48.0. The van der Waals surface area contributed by atoms with Crippen molar-refractivity contribution in [3.63, 3.8) is 0 Å². The van der Waals surface area contributed by atoms with Gasteiger partial charge in [0, 0.05) is 16.0 Å². The van der Waals surface area contributed by atoms with Gasteiger partial charge in [0.05, 0.1) is 0 Å². The number of halogens is 1. The first-order valence-corrected chi connectivity index (χ1v) is 9.64. The highest BCUT2D eigenvalue weighted by Crippen LogP contribution is 2.66. The van der Waals surface area contributed by atoms with Crippen LogP contribution >= 0.6 is 11.6 Å². The number of allylic oxidation sites excluding steroid dienone is 2. The maximum absolute atomic E-state index is 11.4. The maximum atomic E-state index is 11.4. The van der Waals surface area contributed by atoms with Crippen molar-refractivity contribution in [2.75, 3.05) is 0 Å². The Kier molecular flexibility index (Phi) is 4.25. The molecule has 0 saturated heterocycles. The molecule has 0 radical (unpaired) electrons. The molecule has 124 valence electrons. The second-order valence-electron chi connectivity index (χ2n) is 8.54. The van der Waals surface area contributed by atoms with Crippen LogP contribution in [-0.2, 0) is 4.79 Å². The number of rotatable bonds is 3. The number of carbonyl (C=O) groups excluding carboxylic acids is 1. The van der Waals surface area contributed by atoms with Crippen molar-refractivity contribution >= 4 is 17.9 Å². The molecule has 0 bridgehead atoms. The Bertz CT molecular complexity index is 496.